The van der Waals surface area contributed by atoms with Crippen LogP contribution in [-0.2, 0) is 6.54 Å². The molecule has 0 saturated carbocycles. The molecule has 2 heterocycles. The van der Waals surface area contributed by atoms with Crippen molar-refractivity contribution in [3.8, 4) is 11.5 Å². The molecule has 2 aromatic heterocycles. The molecular weight excluding hydrogens is 445 g/mol. The van der Waals surface area contributed by atoms with Gasteiger partial charge in [-0.25, -0.2) is 9.18 Å². The number of pyridine rings is 1. The van der Waals surface area contributed by atoms with Gasteiger partial charge in [-0.05, 0) is 48.0 Å². The van der Waals surface area contributed by atoms with Crippen LogP contribution < -0.4 is 11.2 Å². The minimum Gasteiger partial charge on any atom is -0.508 e. The number of phenols is 1. The van der Waals surface area contributed by atoms with Crippen LogP contribution in [0.15, 0.2) is 96.6 Å². The molecule has 0 bridgehead atoms. The van der Waals surface area contributed by atoms with Gasteiger partial charge in [-0.1, -0.05) is 42.1 Å². The van der Waals surface area contributed by atoms with Crippen LogP contribution in [0.1, 0.15) is 5.56 Å². The summed E-state index contributed by atoms with van der Waals surface area (Å²) in [6, 6.07) is 18.9. The van der Waals surface area contributed by atoms with Crippen LogP contribution in [-0.4, -0.2) is 14.8 Å². The van der Waals surface area contributed by atoms with Crippen molar-refractivity contribution in [1.82, 2.24) is 4.57 Å². The van der Waals surface area contributed by atoms with Crippen molar-refractivity contribution in [2.24, 2.45) is 0 Å². The highest BCUT2D eigenvalue weighted by atomic mass is 32.2. The van der Waals surface area contributed by atoms with E-state index in [-0.39, 0.29) is 28.2 Å². The van der Waals surface area contributed by atoms with Gasteiger partial charge in [0.1, 0.15) is 21.8 Å². The van der Waals surface area contributed by atoms with Gasteiger partial charge in [-0.15, -0.1) is 0 Å². The number of aromatic hydroxyl groups is 2. The number of nitrogens with zero attached hydrogens (tertiary/aromatic N) is 1. The van der Waals surface area contributed by atoms with Crippen LogP contribution in [0.25, 0.3) is 21.9 Å². The van der Waals surface area contributed by atoms with Gasteiger partial charge in [0.05, 0.1) is 12.1 Å². The third-order valence-corrected chi connectivity index (χ3v) is 6.30. The first-order valence-electron chi connectivity index (χ1n) is 9.95. The minimum atomic E-state index is -0.824. The standard InChI is InChI=1S/C25H16FNO5S/c26-15-4-3-5-17(12-15)33-23-21(29)20-22(32-25(23)31)18-6-1-2-7-19(18)27(24(20)30)13-14-8-10-16(28)11-9-14/h1-12,28-29H,13H2. The summed E-state index contributed by atoms with van der Waals surface area (Å²) in [5.41, 5.74) is -0.0975. The summed E-state index contributed by atoms with van der Waals surface area (Å²) in [5.74, 6) is -0.898. The lowest BCUT2D eigenvalue weighted by Gasteiger charge is -2.14. The molecule has 5 rings (SSSR count). The average molecular weight is 461 g/mol. The van der Waals surface area contributed by atoms with Crippen molar-refractivity contribution in [2.75, 3.05) is 0 Å². The van der Waals surface area contributed by atoms with Crippen LogP contribution in [0, 0.1) is 5.82 Å². The number of phenolic OH excluding ortho intramolecular Hbond substituents is 1. The first-order chi connectivity index (χ1) is 15.9. The third-order valence-electron chi connectivity index (χ3n) is 5.25. The van der Waals surface area contributed by atoms with Crippen LogP contribution in [0.2, 0.25) is 0 Å². The number of aromatic nitrogens is 1. The molecule has 0 aliphatic heterocycles. The topological polar surface area (TPSA) is 92.7 Å². The Morgan fingerprint density at radius 2 is 1.70 bits per heavy atom. The highest BCUT2D eigenvalue weighted by Crippen LogP contribution is 2.37. The van der Waals surface area contributed by atoms with Crippen molar-refractivity contribution < 1.29 is 19.0 Å². The van der Waals surface area contributed by atoms with E-state index < -0.39 is 22.8 Å². The van der Waals surface area contributed by atoms with E-state index in [0.717, 1.165) is 17.3 Å². The van der Waals surface area contributed by atoms with Gasteiger partial charge in [-0.2, -0.15) is 0 Å². The molecule has 0 saturated heterocycles. The van der Waals surface area contributed by atoms with E-state index in [2.05, 4.69) is 0 Å². The highest BCUT2D eigenvalue weighted by molar-refractivity contribution is 7.99. The molecule has 164 valence electrons. The van der Waals surface area contributed by atoms with Gasteiger partial charge >= 0.3 is 5.63 Å². The summed E-state index contributed by atoms with van der Waals surface area (Å²) in [6.07, 6.45) is 0. The molecule has 0 fully saturated rings. The Kier molecular flexibility index (Phi) is 5.14. The van der Waals surface area contributed by atoms with Gasteiger partial charge in [0.2, 0.25) is 0 Å². The van der Waals surface area contributed by atoms with Crippen molar-refractivity contribution in [2.45, 2.75) is 16.3 Å². The number of fused-ring (bicyclic) bond motifs is 3. The fourth-order valence-corrected chi connectivity index (χ4v) is 4.60. The number of rotatable bonds is 4. The van der Waals surface area contributed by atoms with Crippen LogP contribution in [0.4, 0.5) is 4.39 Å². The summed E-state index contributed by atoms with van der Waals surface area (Å²) < 4.78 is 20.6. The molecule has 0 aliphatic rings. The van der Waals surface area contributed by atoms with Crippen LogP contribution in [0.3, 0.4) is 0 Å². The zero-order chi connectivity index (χ0) is 23.1. The molecule has 0 radical (unpaired) electrons. The first kappa shape index (κ1) is 20.8. The van der Waals surface area contributed by atoms with Crippen molar-refractivity contribution in [1.29, 1.82) is 0 Å². The van der Waals surface area contributed by atoms with Crippen molar-refractivity contribution in [3.05, 3.63) is 105 Å². The van der Waals surface area contributed by atoms with Crippen LogP contribution >= 0.6 is 11.8 Å². The van der Waals surface area contributed by atoms with E-state index in [9.17, 15) is 24.2 Å². The molecule has 0 amide bonds. The van der Waals surface area contributed by atoms with Gasteiger partial charge in [0.15, 0.2) is 11.3 Å². The predicted molar refractivity (Wildman–Crippen MR) is 124 cm³/mol. The molecule has 8 heteroatoms. The second kappa shape index (κ2) is 8.14. The molecular formula is C25H16FNO5S. The fourth-order valence-electron chi connectivity index (χ4n) is 3.72. The SMILES string of the molecule is O=c1oc2c(c(O)c1Sc1cccc(F)c1)c(=O)n(Cc1ccc(O)cc1)c1ccccc21. The summed E-state index contributed by atoms with van der Waals surface area (Å²) >= 11 is 0.823. The van der Waals surface area contributed by atoms with E-state index in [4.69, 9.17) is 4.42 Å². The van der Waals surface area contributed by atoms with Crippen molar-refractivity contribution in [3.63, 3.8) is 0 Å². The smallest absolute Gasteiger partial charge is 0.354 e. The molecule has 0 unspecified atom stereocenters. The maximum Gasteiger partial charge on any atom is 0.354 e. The van der Waals surface area contributed by atoms with Crippen LogP contribution in [0.5, 0.6) is 11.5 Å². The minimum absolute atomic E-state index is 0.0105. The lowest BCUT2D eigenvalue weighted by Crippen LogP contribution is -2.22. The van der Waals surface area contributed by atoms with Crippen molar-refractivity contribution >= 4 is 33.6 Å². The Morgan fingerprint density at radius 1 is 0.939 bits per heavy atom. The zero-order valence-corrected chi connectivity index (χ0v) is 17.8. The molecule has 6 nitrogen and oxygen atoms in total. The van der Waals surface area contributed by atoms with Gasteiger partial charge in [0, 0.05) is 10.3 Å². The Labute approximate surface area is 190 Å². The molecule has 3 aromatic carbocycles. The van der Waals surface area contributed by atoms with E-state index >= 15 is 0 Å². The Hall–Kier alpha value is -4.04. The molecule has 0 atom stereocenters. The number of hydrogen-bond donors (Lipinski definition) is 2. The number of para-hydroxylation sites is 1. The second-order valence-electron chi connectivity index (χ2n) is 7.41. The number of halogens is 1. The van der Waals surface area contributed by atoms with Gasteiger partial charge in [0.25, 0.3) is 5.56 Å². The molecule has 0 spiro atoms. The Morgan fingerprint density at radius 3 is 2.45 bits per heavy atom. The maximum absolute atomic E-state index is 13.6. The summed E-state index contributed by atoms with van der Waals surface area (Å²) in [5, 5.41) is 20.9. The van der Waals surface area contributed by atoms with E-state index in [1.807, 2.05) is 0 Å². The summed E-state index contributed by atoms with van der Waals surface area (Å²) in [6.45, 7) is 0.167. The third kappa shape index (κ3) is 3.74. The maximum atomic E-state index is 13.6. The molecule has 5 aromatic rings. The molecule has 33 heavy (non-hydrogen) atoms. The van der Waals surface area contributed by atoms with Gasteiger partial charge in [-0.3, -0.25) is 4.79 Å². The van der Waals surface area contributed by atoms with E-state index in [1.165, 1.54) is 34.9 Å². The number of hydrogen-bond acceptors (Lipinski definition) is 6. The average Bonchev–Trinajstić information content (AvgIpc) is 2.80. The number of benzene rings is 3. The lowest BCUT2D eigenvalue weighted by molar-refractivity contribution is 0.446. The van der Waals surface area contributed by atoms with Gasteiger partial charge < -0.3 is 19.2 Å². The fraction of sp³-hybridized carbons (Fsp3) is 0.0400. The Bertz CT molecular complexity index is 1640. The summed E-state index contributed by atoms with van der Waals surface area (Å²) in [4.78, 5) is 26.4. The second-order valence-corrected chi connectivity index (χ2v) is 8.49. The predicted octanol–water partition coefficient (Wildman–Crippen LogP) is 4.86. The monoisotopic (exact) mass is 461 g/mol. The largest absolute Gasteiger partial charge is 0.508 e. The zero-order valence-electron chi connectivity index (χ0n) is 17.0. The highest BCUT2D eigenvalue weighted by Gasteiger charge is 2.22. The normalized spacial score (nSPS) is 11.3. The Balaban J connectivity index is 1.77. The summed E-state index contributed by atoms with van der Waals surface area (Å²) in [7, 11) is 0. The molecule has 0 aliphatic carbocycles. The lowest BCUT2D eigenvalue weighted by atomic mass is 10.1. The quantitative estimate of drug-likeness (QED) is 0.372. The van der Waals surface area contributed by atoms with E-state index in [1.54, 1.807) is 42.5 Å². The first-order valence-corrected chi connectivity index (χ1v) is 10.8. The molecule has 2 N–H and O–H groups in total. The van der Waals surface area contributed by atoms with E-state index in [0.29, 0.717) is 15.8 Å².